The predicted molar refractivity (Wildman–Crippen MR) is 79.4 cm³/mol. The van der Waals surface area contributed by atoms with Crippen LogP contribution in [0.4, 0.5) is 8.78 Å². The lowest BCUT2D eigenvalue weighted by atomic mass is 10.0. The molecule has 3 aromatic rings. The summed E-state index contributed by atoms with van der Waals surface area (Å²) in [6, 6.07) is 6.79. The van der Waals surface area contributed by atoms with E-state index in [1.165, 1.54) is 19.2 Å². The minimum absolute atomic E-state index is 0.400. The van der Waals surface area contributed by atoms with Crippen molar-refractivity contribution in [1.82, 2.24) is 0 Å². The molecule has 0 N–H and O–H groups in total. The number of halogens is 2. The Morgan fingerprint density at radius 3 is 2.18 bits per heavy atom. The number of ether oxygens (including phenoxy) is 2. The van der Waals surface area contributed by atoms with Crippen LogP contribution in [0.5, 0.6) is 11.5 Å². The second-order valence-corrected chi connectivity index (χ2v) is 4.89. The average molecular weight is 304 g/mol. The van der Waals surface area contributed by atoms with Crippen LogP contribution in [0.1, 0.15) is 5.76 Å². The van der Waals surface area contributed by atoms with Gasteiger partial charge in [-0.15, -0.1) is 0 Å². The Morgan fingerprint density at radius 1 is 0.909 bits per heavy atom. The largest absolute Gasteiger partial charge is 0.496 e. The highest BCUT2D eigenvalue weighted by Crippen LogP contribution is 2.42. The molecule has 0 atom stereocenters. The van der Waals surface area contributed by atoms with Gasteiger partial charge in [0.05, 0.1) is 19.6 Å². The molecule has 0 spiro atoms. The van der Waals surface area contributed by atoms with E-state index in [4.69, 9.17) is 13.9 Å². The summed E-state index contributed by atoms with van der Waals surface area (Å²) in [4.78, 5) is 0. The third-order valence-electron chi connectivity index (χ3n) is 3.51. The van der Waals surface area contributed by atoms with Crippen molar-refractivity contribution in [2.24, 2.45) is 0 Å². The number of fused-ring (bicyclic) bond motifs is 1. The first kappa shape index (κ1) is 14.4. The molecule has 114 valence electrons. The van der Waals surface area contributed by atoms with Crippen LogP contribution in [0.15, 0.2) is 34.7 Å². The second kappa shape index (κ2) is 5.33. The summed E-state index contributed by atoms with van der Waals surface area (Å²) in [7, 11) is 3.06. The molecule has 22 heavy (non-hydrogen) atoms. The van der Waals surface area contributed by atoms with Crippen LogP contribution < -0.4 is 9.47 Å². The van der Waals surface area contributed by atoms with Crippen LogP contribution in [-0.2, 0) is 0 Å². The van der Waals surface area contributed by atoms with E-state index < -0.39 is 11.6 Å². The highest BCUT2D eigenvalue weighted by molar-refractivity contribution is 6.00. The van der Waals surface area contributed by atoms with E-state index in [1.54, 1.807) is 26.2 Å². The Balaban J connectivity index is 2.36. The van der Waals surface area contributed by atoms with Gasteiger partial charge in [-0.05, 0) is 24.6 Å². The third-order valence-corrected chi connectivity index (χ3v) is 3.51. The Kier molecular flexibility index (Phi) is 3.48. The van der Waals surface area contributed by atoms with Gasteiger partial charge in [0, 0.05) is 23.8 Å². The van der Waals surface area contributed by atoms with E-state index in [9.17, 15) is 8.78 Å². The molecule has 0 amide bonds. The van der Waals surface area contributed by atoms with Crippen molar-refractivity contribution in [2.75, 3.05) is 14.2 Å². The minimum atomic E-state index is -0.642. The molecule has 0 radical (unpaired) electrons. The van der Waals surface area contributed by atoms with E-state index in [-0.39, 0.29) is 0 Å². The molecule has 0 fully saturated rings. The fourth-order valence-electron chi connectivity index (χ4n) is 2.61. The molecule has 0 aliphatic carbocycles. The second-order valence-electron chi connectivity index (χ2n) is 4.89. The van der Waals surface area contributed by atoms with Gasteiger partial charge >= 0.3 is 0 Å². The Morgan fingerprint density at radius 2 is 1.59 bits per heavy atom. The molecule has 3 rings (SSSR count). The van der Waals surface area contributed by atoms with Crippen molar-refractivity contribution < 1.29 is 22.7 Å². The van der Waals surface area contributed by atoms with Crippen molar-refractivity contribution >= 4 is 11.0 Å². The van der Waals surface area contributed by atoms with Crippen LogP contribution in [0, 0.1) is 18.6 Å². The summed E-state index contributed by atoms with van der Waals surface area (Å²) in [6.45, 7) is 1.74. The van der Waals surface area contributed by atoms with E-state index >= 15 is 0 Å². The summed E-state index contributed by atoms with van der Waals surface area (Å²) < 4.78 is 43.4. The fourth-order valence-corrected chi connectivity index (χ4v) is 2.61. The van der Waals surface area contributed by atoms with Crippen LogP contribution in [0.25, 0.3) is 22.1 Å². The van der Waals surface area contributed by atoms with Crippen molar-refractivity contribution in [2.45, 2.75) is 6.92 Å². The zero-order valence-electron chi connectivity index (χ0n) is 12.4. The monoisotopic (exact) mass is 304 g/mol. The predicted octanol–water partition coefficient (Wildman–Crippen LogP) is 4.70. The average Bonchev–Trinajstić information content (AvgIpc) is 2.80. The first-order valence-corrected chi connectivity index (χ1v) is 6.65. The molecule has 0 aliphatic heterocycles. The molecule has 0 saturated carbocycles. The topological polar surface area (TPSA) is 31.6 Å². The summed E-state index contributed by atoms with van der Waals surface area (Å²) >= 11 is 0. The molecule has 0 bridgehead atoms. The SMILES string of the molecule is COc1cc(OC)c2c(-c3cc(F)cc(F)c3)c(C)oc2c1. The third kappa shape index (κ3) is 2.28. The van der Waals surface area contributed by atoms with Crippen LogP contribution in [0.3, 0.4) is 0 Å². The van der Waals surface area contributed by atoms with E-state index in [0.29, 0.717) is 39.4 Å². The highest BCUT2D eigenvalue weighted by atomic mass is 19.1. The van der Waals surface area contributed by atoms with Crippen LogP contribution in [0.2, 0.25) is 0 Å². The smallest absolute Gasteiger partial charge is 0.142 e. The number of hydrogen-bond donors (Lipinski definition) is 0. The molecule has 1 aromatic heterocycles. The van der Waals surface area contributed by atoms with E-state index in [2.05, 4.69) is 0 Å². The summed E-state index contributed by atoms with van der Waals surface area (Å²) in [6.07, 6.45) is 0. The number of aryl methyl sites for hydroxylation is 1. The Labute approximate surface area is 126 Å². The van der Waals surface area contributed by atoms with Gasteiger partial charge in [-0.2, -0.15) is 0 Å². The zero-order valence-corrected chi connectivity index (χ0v) is 12.4. The van der Waals surface area contributed by atoms with Gasteiger partial charge in [0.25, 0.3) is 0 Å². The summed E-state index contributed by atoms with van der Waals surface area (Å²) in [5.41, 5.74) is 1.54. The van der Waals surface area contributed by atoms with Gasteiger partial charge in [0.2, 0.25) is 0 Å². The number of hydrogen-bond acceptors (Lipinski definition) is 3. The number of methoxy groups -OCH3 is 2. The molecular weight excluding hydrogens is 290 g/mol. The molecule has 0 saturated heterocycles. The van der Waals surface area contributed by atoms with Crippen molar-refractivity contribution in [3.8, 4) is 22.6 Å². The molecule has 5 heteroatoms. The fraction of sp³-hybridized carbons (Fsp3) is 0.176. The maximum absolute atomic E-state index is 13.5. The summed E-state index contributed by atoms with van der Waals surface area (Å²) in [5.74, 6) is 0.361. The molecular formula is C17H14F2O3. The lowest BCUT2D eigenvalue weighted by Gasteiger charge is -2.07. The Bertz CT molecular complexity index is 832. The van der Waals surface area contributed by atoms with E-state index in [1.807, 2.05) is 0 Å². The molecule has 3 nitrogen and oxygen atoms in total. The number of benzene rings is 2. The maximum atomic E-state index is 13.5. The zero-order chi connectivity index (χ0) is 15.9. The van der Waals surface area contributed by atoms with Gasteiger partial charge < -0.3 is 13.9 Å². The van der Waals surface area contributed by atoms with Gasteiger partial charge in [0.1, 0.15) is 34.5 Å². The molecule has 1 heterocycles. The lowest BCUT2D eigenvalue weighted by Crippen LogP contribution is -1.89. The Hall–Kier alpha value is -2.56. The van der Waals surface area contributed by atoms with Crippen LogP contribution >= 0.6 is 0 Å². The minimum Gasteiger partial charge on any atom is -0.496 e. The van der Waals surface area contributed by atoms with Gasteiger partial charge in [-0.1, -0.05) is 0 Å². The van der Waals surface area contributed by atoms with Crippen LogP contribution in [-0.4, -0.2) is 14.2 Å². The van der Waals surface area contributed by atoms with Crippen molar-refractivity contribution in [1.29, 1.82) is 0 Å². The summed E-state index contributed by atoms with van der Waals surface area (Å²) in [5, 5.41) is 0.658. The first-order valence-electron chi connectivity index (χ1n) is 6.65. The molecule has 2 aromatic carbocycles. The van der Waals surface area contributed by atoms with Gasteiger partial charge in [-0.3, -0.25) is 0 Å². The highest BCUT2D eigenvalue weighted by Gasteiger charge is 2.19. The maximum Gasteiger partial charge on any atom is 0.142 e. The van der Waals surface area contributed by atoms with Crippen molar-refractivity contribution in [3.63, 3.8) is 0 Å². The molecule has 0 aliphatic rings. The first-order chi connectivity index (χ1) is 10.5. The number of rotatable bonds is 3. The normalized spacial score (nSPS) is 11.0. The quantitative estimate of drug-likeness (QED) is 0.702. The standard InChI is InChI=1S/C17H14F2O3/c1-9-16(10-4-11(18)6-12(19)5-10)17-14(21-3)7-13(20-2)8-15(17)22-9/h4-8H,1-3H3. The van der Waals surface area contributed by atoms with Gasteiger partial charge in [0.15, 0.2) is 0 Å². The van der Waals surface area contributed by atoms with E-state index in [0.717, 1.165) is 6.07 Å². The lowest BCUT2D eigenvalue weighted by molar-refractivity contribution is 0.397. The molecule has 0 unspecified atom stereocenters. The number of furan rings is 1. The van der Waals surface area contributed by atoms with Crippen molar-refractivity contribution in [3.05, 3.63) is 47.7 Å². The van der Waals surface area contributed by atoms with Gasteiger partial charge in [-0.25, -0.2) is 8.78 Å².